The Balaban J connectivity index is 2.25. The predicted molar refractivity (Wildman–Crippen MR) is 85.2 cm³/mol. The second-order valence-electron chi connectivity index (χ2n) is 5.34. The molecule has 0 saturated carbocycles. The van der Waals surface area contributed by atoms with Crippen molar-refractivity contribution in [2.75, 3.05) is 26.8 Å². The summed E-state index contributed by atoms with van der Waals surface area (Å²) in [5.41, 5.74) is 1.21. The van der Waals surface area contributed by atoms with Gasteiger partial charge in [0.1, 0.15) is 5.75 Å². The third-order valence-corrected chi connectivity index (χ3v) is 3.38. The average molecular weight is 306 g/mol. The van der Waals surface area contributed by atoms with Crippen molar-refractivity contribution in [1.29, 1.82) is 0 Å². The van der Waals surface area contributed by atoms with Crippen LogP contribution in [0.2, 0.25) is 0 Å². The van der Waals surface area contributed by atoms with E-state index in [1.54, 1.807) is 11.9 Å². The lowest BCUT2D eigenvalue weighted by Gasteiger charge is -2.19. The van der Waals surface area contributed by atoms with Crippen LogP contribution in [0.15, 0.2) is 29.1 Å². The Bertz CT molecular complexity index is 683. The van der Waals surface area contributed by atoms with E-state index in [9.17, 15) is 9.90 Å². The highest BCUT2D eigenvalue weighted by atomic mass is 16.5. The molecular weight excluding hydrogens is 284 g/mol. The van der Waals surface area contributed by atoms with Crippen LogP contribution in [0, 0.1) is 0 Å². The van der Waals surface area contributed by atoms with Gasteiger partial charge in [0.05, 0.1) is 19.3 Å². The van der Waals surface area contributed by atoms with Crippen LogP contribution < -0.4 is 10.3 Å². The molecule has 0 amide bonds. The van der Waals surface area contributed by atoms with E-state index in [-0.39, 0.29) is 12.2 Å². The number of aromatic amines is 1. The number of benzene rings is 1. The van der Waals surface area contributed by atoms with E-state index in [4.69, 9.17) is 9.84 Å². The summed E-state index contributed by atoms with van der Waals surface area (Å²) in [5.74, 6) is 0.761. The number of fused-ring (bicyclic) bond motifs is 1. The third-order valence-electron chi connectivity index (χ3n) is 3.38. The van der Waals surface area contributed by atoms with Gasteiger partial charge in [-0.15, -0.1) is 0 Å². The molecule has 1 aromatic heterocycles. The average Bonchev–Trinajstić information content (AvgIpc) is 2.48. The first kappa shape index (κ1) is 16.5. The van der Waals surface area contributed by atoms with Gasteiger partial charge in [0.2, 0.25) is 0 Å². The van der Waals surface area contributed by atoms with E-state index in [0.717, 1.165) is 16.7 Å². The number of nitrogens with one attached hydrogen (secondary N) is 1. The van der Waals surface area contributed by atoms with Crippen molar-refractivity contribution in [2.45, 2.75) is 19.6 Å². The minimum absolute atomic E-state index is 0.151. The molecule has 6 nitrogen and oxygen atoms in total. The molecule has 0 fully saturated rings. The van der Waals surface area contributed by atoms with Crippen LogP contribution in [0.5, 0.6) is 5.75 Å². The third kappa shape index (κ3) is 4.07. The smallest absolute Gasteiger partial charge is 0.252 e. The minimum atomic E-state index is -0.811. The fraction of sp³-hybridized carbons (Fsp3) is 0.438. The molecule has 0 saturated heterocycles. The summed E-state index contributed by atoms with van der Waals surface area (Å²) >= 11 is 0. The number of nitrogens with zero attached hydrogens (tertiary/aromatic N) is 1. The molecule has 0 bridgehead atoms. The molecule has 2 rings (SSSR count). The molecule has 1 atom stereocenters. The number of H-pyrrole nitrogens is 1. The number of ether oxygens (including phenoxy) is 1. The van der Waals surface area contributed by atoms with Gasteiger partial charge in [-0.2, -0.15) is 0 Å². The van der Waals surface area contributed by atoms with Gasteiger partial charge in [0.15, 0.2) is 0 Å². The van der Waals surface area contributed by atoms with Crippen LogP contribution in [0.3, 0.4) is 0 Å². The molecule has 1 heterocycles. The number of hydrogen-bond acceptors (Lipinski definition) is 5. The Morgan fingerprint density at radius 1 is 1.36 bits per heavy atom. The molecule has 2 aromatic rings. The van der Waals surface area contributed by atoms with Crippen molar-refractivity contribution < 1.29 is 14.9 Å². The molecule has 0 radical (unpaired) electrons. The number of aliphatic hydroxyl groups excluding tert-OH is 2. The maximum atomic E-state index is 12.1. The quantitative estimate of drug-likeness (QED) is 0.701. The summed E-state index contributed by atoms with van der Waals surface area (Å²) in [6.07, 6.45) is -0.811. The number of aromatic nitrogens is 1. The molecule has 120 valence electrons. The van der Waals surface area contributed by atoms with E-state index in [2.05, 4.69) is 4.98 Å². The molecule has 3 N–H and O–H groups in total. The normalized spacial score (nSPS) is 12.8. The van der Waals surface area contributed by atoms with Gasteiger partial charge in [-0.1, -0.05) is 0 Å². The summed E-state index contributed by atoms with van der Waals surface area (Å²) in [5, 5.41) is 19.2. The first-order chi connectivity index (χ1) is 10.5. The number of rotatable bonds is 7. The van der Waals surface area contributed by atoms with Gasteiger partial charge in [0.25, 0.3) is 5.56 Å². The Morgan fingerprint density at radius 2 is 2.14 bits per heavy atom. The lowest BCUT2D eigenvalue weighted by atomic mass is 10.1. The van der Waals surface area contributed by atoms with Gasteiger partial charge in [0, 0.05) is 29.6 Å². The summed E-state index contributed by atoms with van der Waals surface area (Å²) < 4.78 is 5.47. The van der Waals surface area contributed by atoms with E-state index in [0.29, 0.717) is 25.3 Å². The van der Waals surface area contributed by atoms with Crippen LogP contribution in [-0.4, -0.2) is 53.0 Å². The molecule has 0 aliphatic heterocycles. The van der Waals surface area contributed by atoms with Crippen molar-refractivity contribution in [3.05, 3.63) is 40.2 Å². The van der Waals surface area contributed by atoms with E-state index in [1.165, 1.54) is 0 Å². The fourth-order valence-corrected chi connectivity index (χ4v) is 2.38. The lowest BCUT2D eigenvalue weighted by Crippen LogP contribution is -2.32. The molecule has 1 aromatic carbocycles. The second kappa shape index (κ2) is 7.40. The zero-order valence-corrected chi connectivity index (χ0v) is 12.9. The predicted octanol–water partition coefficient (Wildman–Crippen LogP) is 0.712. The van der Waals surface area contributed by atoms with Gasteiger partial charge in [-0.25, -0.2) is 0 Å². The van der Waals surface area contributed by atoms with Gasteiger partial charge < -0.3 is 19.9 Å². The molecule has 6 heteroatoms. The molecule has 0 unspecified atom stereocenters. The Morgan fingerprint density at radius 3 is 2.82 bits per heavy atom. The standard InChI is InChI=1S/C16H22N2O4/c1-3-22-14-4-5-15-11(7-14)6-12(16(21)17-15)8-18(2)9-13(20)10-19/h4-7,13,19-20H,3,8-10H2,1-2H3,(H,17,21)/t13-/m1/s1. The maximum absolute atomic E-state index is 12.1. The first-order valence-electron chi connectivity index (χ1n) is 7.29. The lowest BCUT2D eigenvalue weighted by molar-refractivity contribution is 0.0647. The molecule has 0 spiro atoms. The van der Waals surface area contributed by atoms with Gasteiger partial charge in [-0.3, -0.25) is 9.69 Å². The van der Waals surface area contributed by atoms with Gasteiger partial charge in [-0.05, 0) is 38.2 Å². The largest absolute Gasteiger partial charge is 0.494 e. The Labute approximate surface area is 129 Å². The van der Waals surface area contributed by atoms with E-state index in [1.807, 2.05) is 31.2 Å². The monoisotopic (exact) mass is 306 g/mol. The van der Waals surface area contributed by atoms with Crippen LogP contribution in [0.25, 0.3) is 10.9 Å². The van der Waals surface area contributed by atoms with Crippen LogP contribution >= 0.6 is 0 Å². The molecule has 0 aliphatic carbocycles. The van der Waals surface area contributed by atoms with Crippen molar-refractivity contribution in [3.63, 3.8) is 0 Å². The summed E-state index contributed by atoms with van der Waals surface area (Å²) in [6.45, 7) is 2.90. The Hall–Kier alpha value is -1.89. The molecular formula is C16H22N2O4. The van der Waals surface area contributed by atoms with Crippen LogP contribution in [0.4, 0.5) is 0 Å². The second-order valence-corrected chi connectivity index (χ2v) is 5.34. The molecule has 0 aliphatic rings. The SMILES string of the molecule is CCOc1ccc2[nH]c(=O)c(CN(C)C[C@@H](O)CO)cc2c1. The highest BCUT2D eigenvalue weighted by Gasteiger charge is 2.10. The summed E-state index contributed by atoms with van der Waals surface area (Å²) in [7, 11) is 1.79. The summed E-state index contributed by atoms with van der Waals surface area (Å²) in [4.78, 5) is 16.8. The van der Waals surface area contributed by atoms with Crippen molar-refractivity contribution >= 4 is 10.9 Å². The van der Waals surface area contributed by atoms with E-state index < -0.39 is 6.10 Å². The number of pyridine rings is 1. The highest BCUT2D eigenvalue weighted by Crippen LogP contribution is 2.19. The van der Waals surface area contributed by atoms with Crippen molar-refractivity contribution in [1.82, 2.24) is 9.88 Å². The Kier molecular flexibility index (Phi) is 5.54. The number of likely N-dealkylation sites (N-methyl/N-ethyl adjacent to an activating group) is 1. The molecule has 22 heavy (non-hydrogen) atoms. The number of hydrogen-bond donors (Lipinski definition) is 3. The van der Waals surface area contributed by atoms with Crippen molar-refractivity contribution in [3.8, 4) is 5.75 Å². The number of aliphatic hydroxyl groups is 2. The van der Waals surface area contributed by atoms with Crippen LogP contribution in [0.1, 0.15) is 12.5 Å². The van der Waals surface area contributed by atoms with Crippen LogP contribution in [-0.2, 0) is 6.54 Å². The first-order valence-corrected chi connectivity index (χ1v) is 7.29. The maximum Gasteiger partial charge on any atom is 0.252 e. The topological polar surface area (TPSA) is 85.8 Å². The zero-order valence-electron chi connectivity index (χ0n) is 12.9. The summed E-state index contributed by atoms with van der Waals surface area (Å²) in [6, 6.07) is 7.37. The fourth-order valence-electron chi connectivity index (χ4n) is 2.38. The zero-order chi connectivity index (χ0) is 16.1. The minimum Gasteiger partial charge on any atom is -0.494 e. The van der Waals surface area contributed by atoms with Gasteiger partial charge >= 0.3 is 0 Å². The van der Waals surface area contributed by atoms with E-state index >= 15 is 0 Å². The van der Waals surface area contributed by atoms with Crippen molar-refractivity contribution in [2.24, 2.45) is 0 Å². The highest BCUT2D eigenvalue weighted by molar-refractivity contribution is 5.80.